The molecule has 0 aliphatic carbocycles. The third-order valence-corrected chi connectivity index (χ3v) is 8.41. The summed E-state index contributed by atoms with van der Waals surface area (Å²) in [4.78, 5) is 10.5. The van der Waals surface area contributed by atoms with Crippen molar-refractivity contribution in [2.24, 2.45) is 0 Å². The van der Waals surface area contributed by atoms with Crippen molar-refractivity contribution < 1.29 is 14.6 Å². The Morgan fingerprint density at radius 1 is 1.55 bits per heavy atom. The van der Waals surface area contributed by atoms with Crippen LogP contribution in [0, 0.1) is 0 Å². The first-order valence-electron chi connectivity index (χ1n) is 3.30. The first-order valence-corrected chi connectivity index (χ1v) is 10.1. The van der Waals surface area contributed by atoms with Gasteiger partial charge in [-0.3, -0.25) is 0 Å². The van der Waals surface area contributed by atoms with E-state index in [2.05, 4.69) is 0 Å². The van der Waals surface area contributed by atoms with Crippen LogP contribution in [0.15, 0.2) is 0 Å². The third kappa shape index (κ3) is 3.14. The summed E-state index contributed by atoms with van der Waals surface area (Å²) in [7, 11) is 0. The molecule has 1 aliphatic rings. The molecule has 0 spiro atoms. The van der Waals surface area contributed by atoms with Crippen LogP contribution in [0.25, 0.3) is 0 Å². The van der Waals surface area contributed by atoms with Crippen molar-refractivity contribution in [3.63, 3.8) is 0 Å². The summed E-state index contributed by atoms with van der Waals surface area (Å²) in [5.41, 5.74) is 0. The quantitative estimate of drug-likeness (QED) is 0.520. The molecule has 0 bridgehead atoms. The molecule has 0 aromatic carbocycles. The fourth-order valence-corrected chi connectivity index (χ4v) is 7.89. The van der Waals surface area contributed by atoms with Crippen LogP contribution in [0.5, 0.6) is 0 Å². The predicted octanol–water partition coefficient (Wildman–Crippen LogP) is -0.547. The van der Waals surface area contributed by atoms with Crippen molar-refractivity contribution in [1.82, 2.24) is 0 Å². The summed E-state index contributed by atoms with van der Waals surface area (Å²) < 4.78 is 4.94. The SMILES string of the molecule is CC(=O)O[C@@H]1C[Se][Se]C[C@H]1O. The molecule has 3 nitrogen and oxygen atoms in total. The average molecular weight is 288 g/mol. The first-order chi connectivity index (χ1) is 5.20. The summed E-state index contributed by atoms with van der Waals surface area (Å²) in [6.07, 6.45) is -0.599. The molecular weight excluding hydrogens is 278 g/mol. The second-order valence-corrected chi connectivity index (χ2v) is 9.81. The third-order valence-electron chi connectivity index (χ3n) is 1.30. The molecule has 0 amide bonds. The van der Waals surface area contributed by atoms with E-state index in [1.807, 2.05) is 0 Å². The van der Waals surface area contributed by atoms with Gasteiger partial charge in [-0.25, -0.2) is 0 Å². The van der Waals surface area contributed by atoms with Gasteiger partial charge in [0.15, 0.2) is 0 Å². The number of ether oxygens (including phenoxy) is 1. The van der Waals surface area contributed by atoms with E-state index in [9.17, 15) is 9.90 Å². The molecule has 0 unspecified atom stereocenters. The molecule has 1 fully saturated rings. The van der Waals surface area contributed by atoms with Crippen molar-refractivity contribution in [1.29, 1.82) is 0 Å². The maximum atomic E-state index is 10.5. The van der Waals surface area contributed by atoms with Crippen molar-refractivity contribution in [3.05, 3.63) is 0 Å². The van der Waals surface area contributed by atoms with Crippen molar-refractivity contribution in [2.75, 3.05) is 0 Å². The molecule has 0 aromatic rings. The summed E-state index contributed by atoms with van der Waals surface area (Å²) in [6.45, 7) is 1.39. The van der Waals surface area contributed by atoms with E-state index < -0.39 is 6.10 Å². The fourth-order valence-electron chi connectivity index (χ4n) is 0.777. The molecule has 5 heteroatoms. The summed E-state index contributed by atoms with van der Waals surface area (Å²) in [6, 6.07) is 0. The van der Waals surface area contributed by atoms with Crippen LogP contribution in [0.1, 0.15) is 6.92 Å². The molecule has 11 heavy (non-hydrogen) atoms. The van der Waals surface area contributed by atoms with Crippen molar-refractivity contribution >= 4 is 32.2 Å². The van der Waals surface area contributed by atoms with Crippen LogP contribution in [-0.4, -0.2) is 49.5 Å². The van der Waals surface area contributed by atoms with Gasteiger partial charge in [-0.1, -0.05) is 0 Å². The van der Waals surface area contributed by atoms with Gasteiger partial charge in [0, 0.05) is 0 Å². The van der Waals surface area contributed by atoms with Crippen LogP contribution in [0.3, 0.4) is 0 Å². The average Bonchev–Trinajstić information content (AvgIpc) is 1.93. The van der Waals surface area contributed by atoms with Gasteiger partial charge in [-0.15, -0.1) is 0 Å². The van der Waals surface area contributed by atoms with Gasteiger partial charge in [0.25, 0.3) is 0 Å². The molecule has 2 atom stereocenters. The molecular formula is C6H10O3Se2. The zero-order valence-corrected chi connectivity index (χ0v) is 9.58. The van der Waals surface area contributed by atoms with Gasteiger partial charge < -0.3 is 0 Å². The molecule has 64 valence electrons. The number of rotatable bonds is 1. The van der Waals surface area contributed by atoms with E-state index in [4.69, 9.17) is 4.74 Å². The number of esters is 1. The number of carbonyl (C=O) groups excluding carboxylic acids is 1. The minimum atomic E-state index is -0.394. The molecule has 1 rings (SSSR count). The van der Waals surface area contributed by atoms with Gasteiger partial charge in [0.1, 0.15) is 0 Å². The Morgan fingerprint density at radius 2 is 2.18 bits per heavy atom. The number of aliphatic hydroxyl groups is 1. The van der Waals surface area contributed by atoms with Crippen LogP contribution < -0.4 is 0 Å². The Morgan fingerprint density at radius 3 is 2.73 bits per heavy atom. The van der Waals surface area contributed by atoms with E-state index in [-0.39, 0.29) is 12.1 Å². The zero-order valence-electron chi connectivity index (χ0n) is 6.15. The Labute approximate surface area is 76.7 Å². The molecule has 0 radical (unpaired) electrons. The summed E-state index contributed by atoms with van der Waals surface area (Å²) in [5, 5.41) is 11.1. The van der Waals surface area contributed by atoms with Gasteiger partial charge in [-0.2, -0.15) is 0 Å². The standard InChI is InChI=1S/C6H10O3Se2/c1-4(7)9-6-3-11-10-2-5(6)8/h5-6,8H,2-3H2,1H3/t5-,6-/m1/s1. The number of hydrogen-bond acceptors (Lipinski definition) is 3. The maximum absolute atomic E-state index is 10.5. The number of carbonyl (C=O) groups is 1. The van der Waals surface area contributed by atoms with Gasteiger partial charge in [-0.05, 0) is 0 Å². The fraction of sp³-hybridized carbons (Fsp3) is 0.833. The first kappa shape index (κ1) is 9.56. The normalized spacial score (nSPS) is 31.5. The van der Waals surface area contributed by atoms with Crippen molar-refractivity contribution in [3.8, 4) is 0 Å². The molecule has 1 heterocycles. The van der Waals surface area contributed by atoms with Gasteiger partial charge in [0.05, 0.1) is 0 Å². The van der Waals surface area contributed by atoms with E-state index in [0.717, 1.165) is 10.6 Å². The summed E-state index contributed by atoms with van der Waals surface area (Å²) in [5.74, 6) is -0.278. The van der Waals surface area contributed by atoms with E-state index in [0.29, 0.717) is 26.3 Å². The second-order valence-electron chi connectivity index (χ2n) is 2.28. The van der Waals surface area contributed by atoms with E-state index >= 15 is 0 Å². The molecule has 1 aliphatic heterocycles. The Bertz CT molecular complexity index is 151. The van der Waals surface area contributed by atoms with Crippen LogP contribution in [0.2, 0.25) is 10.6 Å². The van der Waals surface area contributed by atoms with Crippen molar-refractivity contribution in [2.45, 2.75) is 29.8 Å². The number of aliphatic hydroxyl groups excluding tert-OH is 1. The van der Waals surface area contributed by atoms with E-state index in [1.54, 1.807) is 0 Å². The minimum absolute atomic E-state index is 0.205. The Kier molecular flexibility index (Phi) is 3.90. The molecule has 1 N–H and O–H groups in total. The van der Waals surface area contributed by atoms with Gasteiger partial charge >= 0.3 is 76.6 Å². The topological polar surface area (TPSA) is 46.5 Å². The molecule has 0 saturated carbocycles. The summed E-state index contributed by atoms with van der Waals surface area (Å²) >= 11 is 1.23. The van der Waals surface area contributed by atoms with Crippen LogP contribution in [0.4, 0.5) is 0 Å². The van der Waals surface area contributed by atoms with Gasteiger partial charge in [0.2, 0.25) is 0 Å². The zero-order chi connectivity index (χ0) is 8.27. The molecule has 0 aromatic heterocycles. The van der Waals surface area contributed by atoms with E-state index in [1.165, 1.54) is 6.92 Å². The molecule has 1 saturated heterocycles. The number of hydrogen-bond donors (Lipinski definition) is 1. The monoisotopic (exact) mass is 290 g/mol. The van der Waals surface area contributed by atoms with Crippen LogP contribution in [-0.2, 0) is 9.53 Å². The predicted molar refractivity (Wildman–Crippen MR) is 42.7 cm³/mol. The second kappa shape index (κ2) is 4.48. The van der Waals surface area contributed by atoms with Crippen LogP contribution >= 0.6 is 0 Å². The Balaban J connectivity index is 2.35. The Hall–Kier alpha value is 0.469.